The zero-order chi connectivity index (χ0) is 18.9. The molecule has 0 amide bonds. The van der Waals surface area contributed by atoms with Crippen molar-refractivity contribution in [3.63, 3.8) is 0 Å². The maximum absolute atomic E-state index is 6.06. The molecular formula is C23H28NO2P. The fourth-order valence-corrected chi connectivity index (χ4v) is 4.66. The van der Waals surface area contributed by atoms with Crippen molar-refractivity contribution in [3.8, 4) is 5.75 Å². The van der Waals surface area contributed by atoms with Crippen molar-refractivity contribution in [1.29, 1.82) is 0 Å². The smallest absolute Gasteiger partial charge is 0.188 e. The molecule has 142 valence electrons. The molecule has 2 aromatic rings. The molecule has 4 heteroatoms. The molecule has 0 bridgehead atoms. The van der Waals surface area contributed by atoms with Gasteiger partial charge >= 0.3 is 0 Å². The van der Waals surface area contributed by atoms with Crippen LogP contribution in [-0.4, -0.2) is 21.0 Å². The van der Waals surface area contributed by atoms with Gasteiger partial charge in [0, 0.05) is 19.0 Å². The number of hydrogen-bond donors (Lipinski definition) is 1. The number of allylic oxidation sites excluding steroid dienone is 4. The molecular weight excluding hydrogens is 353 g/mol. The molecule has 27 heavy (non-hydrogen) atoms. The number of benzene rings is 2. The Morgan fingerprint density at radius 1 is 1.04 bits per heavy atom. The van der Waals surface area contributed by atoms with Crippen LogP contribution < -0.4 is 20.7 Å². The van der Waals surface area contributed by atoms with E-state index in [0.717, 1.165) is 25.1 Å². The van der Waals surface area contributed by atoms with Gasteiger partial charge in [-0.05, 0) is 42.2 Å². The average Bonchev–Trinajstić information content (AvgIpc) is 2.70. The van der Waals surface area contributed by atoms with Gasteiger partial charge in [0.15, 0.2) is 6.79 Å². The Morgan fingerprint density at radius 2 is 1.85 bits per heavy atom. The Balaban J connectivity index is 1.88. The minimum absolute atomic E-state index is 0.271. The Hall–Kier alpha value is -1.93. The average molecular weight is 381 g/mol. The van der Waals surface area contributed by atoms with E-state index in [-0.39, 0.29) is 6.79 Å². The molecule has 2 aromatic carbocycles. The maximum atomic E-state index is 6.06. The zero-order valence-electron chi connectivity index (χ0n) is 16.1. The molecule has 0 heterocycles. The van der Waals surface area contributed by atoms with E-state index in [9.17, 15) is 0 Å². The van der Waals surface area contributed by atoms with Crippen molar-refractivity contribution in [2.75, 3.05) is 21.0 Å². The van der Waals surface area contributed by atoms with E-state index in [1.807, 2.05) is 7.05 Å². The fraction of sp³-hybridized carbons (Fsp3) is 0.304. The highest BCUT2D eigenvalue weighted by Crippen LogP contribution is 2.28. The van der Waals surface area contributed by atoms with Gasteiger partial charge in [0.1, 0.15) is 5.75 Å². The van der Waals surface area contributed by atoms with Crippen LogP contribution in [0.4, 0.5) is 0 Å². The first-order chi connectivity index (χ1) is 13.3. The molecule has 2 atom stereocenters. The topological polar surface area (TPSA) is 30.5 Å². The molecule has 0 aromatic heterocycles. The van der Waals surface area contributed by atoms with E-state index >= 15 is 0 Å². The second-order valence-electron chi connectivity index (χ2n) is 6.67. The lowest BCUT2D eigenvalue weighted by molar-refractivity contribution is 0.0511. The van der Waals surface area contributed by atoms with Gasteiger partial charge in [-0.2, -0.15) is 0 Å². The number of hydrogen-bond acceptors (Lipinski definition) is 3. The van der Waals surface area contributed by atoms with Gasteiger partial charge in [-0.1, -0.05) is 75.3 Å². The van der Waals surface area contributed by atoms with Crippen molar-refractivity contribution in [2.24, 2.45) is 5.92 Å². The predicted molar refractivity (Wildman–Crippen MR) is 116 cm³/mol. The van der Waals surface area contributed by atoms with Gasteiger partial charge < -0.3 is 14.8 Å². The second kappa shape index (κ2) is 10.4. The van der Waals surface area contributed by atoms with Crippen molar-refractivity contribution in [2.45, 2.75) is 19.4 Å². The van der Waals surface area contributed by atoms with Crippen molar-refractivity contribution in [1.82, 2.24) is 5.32 Å². The van der Waals surface area contributed by atoms with Crippen LogP contribution in [0.15, 0.2) is 66.8 Å². The standard InChI is InChI=1S/C23H28NO2P/c1-24-16-20-11-6-7-13-21(20)27-22-14-8-12-19(23(22)26-17-25-2)15-18-9-4-3-5-10-18/h3-9,11-14,18,24,27H,10,15-17H2,1-2H3. The molecule has 1 N–H and O–H groups in total. The van der Waals surface area contributed by atoms with Gasteiger partial charge in [0.25, 0.3) is 0 Å². The number of ether oxygens (including phenoxy) is 2. The lowest BCUT2D eigenvalue weighted by Crippen LogP contribution is -2.18. The van der Waals surface area contributed by atoms with Crippen molar-refractivity contribution in [3.05, 3.63) is 77.9 Å². The quantitative estimate of drug-likeness (QED) is 0.531. The molecule has 3 nitrogen and oxygen atoms in total. The van der Waals surface area contributed by atoms with Crippen LogP contribution in [0.25, 0.3) is 0 Å². The number of rotatable bonds is 9. The third-order valence-corrected chi connectivity index (χ3v) is 6.04. The number of para-hydroxylation sites is 1. The minimum atomic E-state index is 0.271. The van der Waals surface area contributed by atoms with Gasteiger partial charge in [0.05, 0.1) is 0 Å². The third-order valence-electron chi connectivity index (χ3n) is 4.62. The fourth-order valence-electron chi connectivity index (χ4n) is 3.33. The highest BCUT2D eigenvalue weighted by Gasteiger charge is 2.15. The SMILES string of the molecule is CNCc1ccccc1Pc1cccc(CC2C=CC=CC2)c1OCOC. The van der Waals surface area contributed by atoms with Crippen LogP contribution in [0.5, 0.6) is 5.75 Å². The van der Waals surface area contributed by atoms with Crippen LogP contribution >= 0.6 is 8.58 Å². The predicted octanol–water partition coefficient (Wildman–Crippen LogP) is 3.69. The minimum Gasteiger partial charge on any atom is -0.467 e. The molecule has 3 rings (SSSR count). The first kappa shape index (κ1) is 19.8. The van der Waals surface area contributed by atoms with Crippen molar-refractivity contribution >= 4 is 19.2 Å². The third kappa shape index (κ3) is 5.52. The zero-order valence-corrected chi connectivity index (χ0v) is 17.1. The van der Waals surface area contributed by atoms with Crippen LogP contribution in [0, 0.1) is 5.92 Å². The summed E-state index contributed by atoms with van der Waals surface area (Å²) in [5.41, 5.74) is 2.59. The lowest BCUT2D eigenvalue weighted by atomic mass is 9.93. The first-order valence-electron chi connectivity index (χ1n) is 9.38. The second-order valence-corrected chi connectivity index (χ2v) is 8.00. The summed E-state index contributed by atoms with van der Waals surface area (Å²) >= 11 is 0. The summed E-state index contributed by atoms with van der Waals surface area (Å²) in [6, 6.07) is 15.1. The number of methoxy groups -OCH3 is 1. The van der Waals surface area contributed by atoms with Crippen LogP contribution in [0.2, 0.25) is 0 Å². The van der Waals surface area contributed by atoms with E-state index in [1.165, 1.54) is 21.7 Å². The van der Waals surface area contributed by atoms with Crippen LogP contribution in [0.3, 0.4) is 0 Å². The molecule has 2 unspecified atom stereocenters. The summed E-state index contributed by atoms with van der Waals surface area (Å²) in [5, 5.41) is 5.86. The molecule has 1 aliphatic carbocycles. The summed E-state index contributed by atoms with van der Waals surface area (Å²) < 4.78 is 11.3. The summed E-state index contributed by atoms with van der Waals surface area (Å²) in [6.07, 6.45) is 10.9. The molecule has 0 fully saturated rings. The molecule has 1 aliphatic rings. The van der Waals surface area contributed by atoms with Crippen molar-refractivity contribution < 1.29 is 9.47 Å². The van der Waals surface area contributed by atoms with Gasteiger partial charge in [-0.3, -0.25) is 0 Å². The largest absolute Gasteiger partial charge is 0.467 e. The van der Waals surface area contributed by atoms with E-state index in [2.05, 4.69) is 72.1 Å². The maximum Gasteiger partial charge on any atom is 0.188 e. The van der Waals surface area contributed by atoms with E-state index in [1.54, 1.807) is 7.11 Å². The highest BCUT2D eigenvalue weighted by molar-refractivity contribution is 7.55. The molecule has 0 saturated heterocycles. The highest BCUT2D eigenvalue weighted by atomic mass is 31.1. The Bertz CT molecular complexity index is 801. The lowest BCUT2D eigenvalue weighted by Gasteiger charge is -2.19. The van der Waals surface area contributed by atoms with E-state index < -0.39 is 0 Å². The Kier molecular flexibility index (Phi) is 7.65. The Labute approximate surface area is 164 Å². The van der Waals surface area contributed by atoms with Crippen LogP contribution in [-0.2, 0) is 17.7 Å². The molecule has 0 spiro atoms. The Morgan fingerprint density at radius 3 is 2.63 bits per heavy atom. The monoisotopic (exact) mass is 381 g/mol. The molecule has 0 radical (unpaired) electrons. The summed E-state index contributed by atoms with van der Waals surface area (Å²) in [6.45, 7) is 1.14. The van der Waals surface area contributed by atoms with Gasteiger partial charge in [-0.15, -0.1) is 0 Å². The van der Waals surface area contributed by atoms with Gasteiger partial charge in [-0.25, -0.2) is 0 Å². The van der Waals surface area contributed by atoms with Gasteiger partial charge in [0.2, 0.25) is 0 Å². The van der Waals surface area contributed by atoms with E-state index in [0.29, 0.717) is 14.5 Å². The summed E-state index contributed by atoms with van der Waals surface area (Å²) in [4.78, 5) is 0. The first-order valence-corrected chi connectivity index (χ1v) is 10.4. The summed E-state index contributed by atoms with van der Waals surface area (Å²) in [7, 11) is 4.21. The van der Waals surface area contributed by atoms with E-state index in [4.69, 9.17) is 9.47 Å². The molecule has 0 saturated carbocycles. The molecule has 0 aliphatic heterocycles. The number of nitrogens with one attached hydrogen (secondary N) is 1. The summed E-state index contributed by atoms with van der Waals surface area (Å²) in [5.74, 6) is 1.51. The normalized spacial score (nSPS) is 16.3. The van der Waals surface area contributed by atoms with Crippen LogP contribution in [0.1, 0.15) is 17.5 Å².